The summed E-state index contributed by atoms with van der Waals surface area (Å²) in [6.45, 7) is 3.29. The lowest BCUT2D eigenvalue weighted by Crippen LogP contribution is -2.53. The number of methoxy groups -OCH3 is 1. The number of fused-ring (bicyclic) bond motifs is 1. The van der Waals surface area contributed by atoms with Crippen LogP contribution >= 0.6 is 0 Å². The molecular weight excluding hydrogens is 613 g/mol. The molecule has 0 aromatic heterocycles. The van der Waals surface area contributed by atoms with Gasteiger partial charge >= 0.3 is 18.1 Å². The van der Waals surface area contributed by atoms with E-state index < -0.39 is 12.2 Å². The molecule has 12 nitrogen and oxygen atoms in total. The first-order valence-electron chi connectivity index (χ1n) is 17.2. The lowest BCUT2D eigenvalue weighted by Gasteiger charge is -2.40. The van der Waals surface area contributed by atoms with Crippen LogP contribution in [0.4, 0.5) is 15.3 Å². The number of hydrogen-bond acceptors (Lipinski definition) is 8. The van der Waals surface area contributed by atoms with Crippen LogP contribution < -0.4 is 10.8 Å². The molecule has 2 aromatic rings. The van der Waals surface area contributed by atoms with Gasteiger partial charge in [-0.25, -0.2) is 9.59 Å². The molecule has 1 unspecified atom stereocenters. The van der Waals surface area contributed by atoms with Crippen molar-refractivity contribution in [2.24, 2.45) is 0 Å². The summed E-state index contributed by atoms with van der Waals surface area (Å²) >= 11 is 0. The van der Waals surface area contributed by atoms with Crippen LogP contribution in [-0.4, -0.2) is 127 Å². The number of piperidine rings is 2. The predicted octanol–water partition coefficient (Wildman–Crippen LogP) is 1.88. The van der Waals surface area contributed by atoms with Crippen molar-refractivity contribution < 1.29 is 33.8 Å². The quantitative estimate of drug-likeness (QED) is 0.341. The maximum Gasteiger partial charge on any atom is 0.410 e. The van der Waals surface area contributed by atoms with E-state index in [-0.39, 0.29) is 48.2 Å². The fourth-order valence-electron chi connectivity index (χ4n) is 7.77. The highest BCUT2D eigenvalue weighted by Crippen LogP contribution is 2.28. The van der Waals surface area contributed by atoms with Gasteiger partial charge in [0, 0.05) is 56.9 Å². The van der Waals surface area contributed by atoms with Gasteiger partial charge in [0.2, 0.25) is 0 Å². The second-order valence-corrected chi connectivity index (χ2v) is 13.4. The first-order valence-corrected chi connectivity index (χ1v) is 17.2. The Hall–Kier alpha value is -4.26. The maximum atomic E-state index is 14.0. The van der Waals surface area contributed by atoms with Crippen molar-refractivity contribution in [2.45, 2.75) is 75.6 Å². The van der Waals surface area contributed by atoms with Crippen molar-refractivity contribution in [3.63, 3.8) is 0 Å². The number of anilines is 1. The van der Waals surface area contributed by atoms with Crippen molar-refractivity contribution in [3.8, 4) is 5.75 Å². The second-order valence-electron chi connectivity index (χ2n) is 13.4. The van der Waals surface area contributed by atoms with E-state index in [2.05, 4.69) is 10.2 Å². The number of hydrogen-bond donors (Lipinski definition) is 2. The number of phenolic OH excluding ortho intramolecular Hbond substituents is 1. The van der Waals surface area contributed by atoms with E-state index >= 15 is 0 Å². The molecular formula is C35H46BN5O7. The average Bonchev–Trinajstić information content (AvgIpc) is 3.53. The second kappa shape index (κ2) is 14.9. The van der Waals surface area contributed by atoms with E-state index in [1.165, 1.54) is 7.11 Å². The van der Waals surface area contributed by atoms with Crippen molar-refractivity contribution in [1.29, 1.82) is 0 Å². The molecule has 4 amide bonds. The van der Waals surface area contributed by atoms with E-state index in [4.69, 9.17) is 9.47 Å². The number of carbonyl (C=O) groups excluding carboxylic acids is 4. The summed E-state index contributed by atoms with van der Waals surface area (Å²) in [5.74, 6) is -0.279. The normalized spacial score (nSPS) is 21.6. The topological polar surface area (TPSA) is 132 Å². The van der Waals surface area contributed by atoms with E-state index in [1.807, 2.05) is 35.2 Å². The summed E-state index contributed by atoms with van der Waals surface area (Å²) in [7, 11) is 3.21. The maximum absolute atomic E-state index is 14.0. The molecule has 0 saturated carbocycles. The number of ether oxygens (including phenoxy) is 2. The number of benzene rings is 2. The average molecular weight is 660 g/mol. The van der Waals surface area contributed by atoms with Crippen LogP contribution in [0, 0.1) is 0 Å². The molecule has 6 rings (SSSR count). The first kappa shape index (κ1) is 33.6. The summed E-state index contributed by atoms with van der Waals surface area (Å²) < 4.78 is 11.0. The van der Waals surface area contributed by atoms with Gasteiger partial charge in [-0.1, -0.05) is 30.3 Å². The number of esters is 1. The molecule has 2 aromatic carbocycles. The van der Waals surface area contributed by atoms with Gasteiger partial charge < -0.3 is 34.6 Å². The Morgan fingerprint density at radius 1 is 0.938 bits per heavy atom. The van der Waals surface area contributed by atoms with Gasteiger partial charge in [-0.15, -0.1) is 0 Å². The fraction of sp³-hybridized carbons (Fsp3) is 0.543. The highest BCUT2D eigenvalue weighted by atomic mass is 16.6. The third kappa shape index (κ3) is 7.40. The minimum absolute atomic E-state index is 0.00329. The number of nitrogens with zero attached hydrogens (tertiary/aromatic N) is 4. The predicted molar refractivity (Wildman–Crippen MR) is 182 cm³/mol. The van der Waals surface area contributed by atoms with Gasteiger partial charge in [-0.05, 0) is 80.2 Å². The summed E-state index contributed by atoms with van der Waals surface area (Å²) in [6.07, 6.45) is 3.79. The molecule has 256 valence electrons. The smallest absolute Gasteiger partial charge is 0.410 e. The van der Waals surface area contributed by atoms with Gasteiger partial charge in [-0.2, -0.15) is 0 Å². The molecule has 2 N–H and O–H groups in total. The summed E-state index contributed by atoms with van der Waals surface area (Å²) in [5.41, 5.74) is 3.42. The number of amides is 4. The Balaban J connectivity index is 1.08. The van der Waals surface area contributed by atoms with Crippen molar-refractivity contribution in [2.75, 3.05) is 51.7 Å². The Morgan fingerprint density at radius 2 is 1.65 bits per heavy atom. The number of aromatic hydroxyl groups is 1. The van der Waals surface area contributed by atoms with Crippen LogP contribution in [0.2, 0.25) is 0 Å². The molecule has 13 heteroatoms. The Morgan fingerprint density at radius 3 is 2.38 bits per heavy atom. The number of carbonyl (C=O) groups is 4. The van der Waals surface area contributed by atoms with Crippen LogP contribution in [0.5, 0.6) is 5.75 Å². The summed E-state index contributed by atoms with van der Waals surface area (Å²) in [5, 5.41) is 13.1. The number of para-hydroxylation sites is 1. The Labute approximate surface area is 282 Å². The van der Waals surface area contributed by atoms with E-state index in [0.717, 1.165) is 55.5 Å². The van der Waals surface area contributed by atoms with Crippen molar-refractivity contribution in [1.82, 2.24) is 19.6 Å². The number of nitrogens with one attached hydrogen (secondary N) is 1. The van der Waals surface area contributed by atoms with Crippen LogP contribution in [0.1, 0.15) is 49.7 Å². The van der Waals surface area contributed by atoms with Crippen molar-refractivity contribution >= 4 is 43.0 Å². The number of urea groups is 1. The molecule has 0 bridgehead atoms. The van der Waals surface area contributed by atoms with Gasteiger partial charge in [0.25, 0.3) is 5.91 Å². The molecule has 4 aliphatic rings. The van der Waals surface area contributed by atoms with Crippen LogP contribution in [0.25, 0.3) is 0 Å². The zero-order valence-electron chi connectivity index (χ0n) is 27.9. The summed E-state index contributed by atoms with van der Waals surface area (Å²) in [6, 6.07) is 12.8. The molecule has 0 spiro atoms. The van der Waals surface area contributed by atoms with Gasteiger partial charge in [0.1, 0.15) is 19.6 Å². The lowest BCUT2D eigenvalue weighted by atomic mass is 9.91. The molecule has 3 fully saturated rings. The zero-order chi connectivity index (χ0) is 33.8. The highest BCUT2D eigenvalue weighted by Gasteiger charge is 2.40. The minimum Gasteiger partial charge on any atom is -0.509 e. The summed E-state index contributed by atoms with van der Waals surface area (Å²) in [4.78, 5) is 60.4. The molecule has 3 saturated heterocycles. The van der Waals surface area contributed by atoms with Crippen molar-refractivity contribution in [3.05, 3.63) is 53.6 Å². The Bertz CT molecular complexity index is 1510. The fourth-order valence-corrected chi connectivity index (χ4v) is 7.77. The molecule has 4 heterocycles. The molecule has 48 heavy (non-hydrogen) atoms. The van der Waals surface area contributed by atoms with Gasteiger partial charge in [0.05, 0.1) is 7.11 Å². The standard InChI is InChI=1S/C35H46BN5O7/c1-47-33(44)29-7-4-15-40(29)25-11-16-38(17-12-25)32(43)31(22-23-8-9-30(42)27(36)21-23)48-35(46)39-18-13-26(14-19-39)41-20-10-24-5-2-3-6-28(24)37-34(41)45/h2-3,5-6,8-9,21,25-26,29,31,42H,4,7,10-20,22,36H2,1H3,(H,37,45)/t29?,31-/m1/s1. The Kier molecular flexibility index (Phi) is 10.4. The number of phenols is 1. The van der Waals surface area contributed by atoms with Gasteiger partial charge in [-0.3, -0.25) is 14.5 Å². The minimum atomic E-state index is -1.03. The van der Waals surface area contributed by atoms with Gasteiger partial charge in [0.15, 0.2) is 6.10 Å². The third-order valence-corrected chi connectivity index (χ3v) is 10.5. The molecule has 4 aliphatic heterocycles. The van der Waals surface area contributed by atoms with Crippen LogP contribution in [0.3, 0.4) is 0 Å². The highest BCUT2D eigenvalue weighted by molar-refractivity contribution is 6.34. The molecule has 0 aliphatic carbocycles. The lowest BCUT2D eigenvalue weighted by molar-refractivity contribution is -0.148. The number of rotatable bonds is 7. The SMILES string of the molecule is Bc1cc(C[C@@H](OC(=O)N2CCC(N3CCc4ccccc4NC3=O)CC2)C(=O)N2CCC(N3CCCC3C(=O)OC)CC2)ccc1O. The molecule has 0 radical (unpaired) electrons. The van der Waals surface area contributed by atoms with Crippen LogP contribution in [0.15, 0.2) is 42.5 Å². The first-order chi connectivity index (χ1) is 23.2. The van der Waals surface area contributed by atoms with E-state index in [9.17, 15) is 24.3 Å². The zero-order valence-corrected chi connectivity index (χ0v) is 27.9. The van der Waals surface area contributed by atoms with E-state index in [0.29, 0.717) is 51.0 Å². The monoisotopic (exact) mass is 659 g/mol. The van der Waals surface area contributed by atoms with E-state index in [1.54, 1.807) is 29.8 Å². The largest absolute Gasteiger partial charge is 0.509 e. The molecule has 2 atom stereocenters. The number of likely N-dealkylation sites (tertiary alicyclic amines) is 3. The third-order valence-electron chi connectivity index (χ3n) is 10.5. The van der Waals surface area contributed by atoms with Crippen LogP contribution in [-0.2, 0) is 31.9 Å².